The van der Waals surface area contributed by atoms with Crippen LogP contribution in [-0.2, 0) is 20.8 Å². The fourth-order valence-corrected chi connectivity index (χ4v) is 2.80. The molecule has 4 heteroatoms. The van der Waals surface area contributed by atoms with Gasteiger partial charge < -0.3 is 0 Å². The first kappa shape index (κ1) is 14.4. The molecule has 0 amide bonds. The van der Waals surface area contributed by atoms with Crippen LogP contribution in [0.2, 0.25) is 0 Å². The molecule has 0 bridgehead atoms. The van der Waals surface area contributed by atoms with Gasteiger partial charge in [-0.3, -0.25) is 0 Å². The zero-order valence-corrected chi connectivity index (χ0v) is 14.6. The van der Waals surface area contributed by atoms with Crippen LogP contribution in [0, 0.1) is 6.92 Å². The predicted molar refractivity (Wildman–Crippen MR) is 79.3 cm³/mol. The zero-order valence-electron chi connectivity index (χ0n) is 9.78. The van der Waals surface area contributed by atoms with E-state index in [1.807, 2.05) is 0 Å². The van der Waals surface area contributed by atoms with Crippen LogP contribution in [0.4, 0.5) is 0 Å². The van der Waals surface area contributed by atoms with E-state index in [2.05, 4.69) is 54.8 Å². The normalized spacial score (nSPS) is 9.94. The third kappa shape index (κ3) is 3.30. The van der Waals surface area contributed by atoms with Gasteiger partial charge in [0.2, 0.25) is 0 Å². The molecule has 0 saturated carbocycles. The zero-order chi connectivity index (χ0) is 13.0. The van der Waals surface area contributed by atoms with Crippen LogP contribution >= 0.6 is 28.4 Å². The Bertz CT molecular complexity index is 614. The molecule has 0 aliphatic heterocycles. The van der Waals surface area contributed by atoms with Crippen LogP contribution in [-0.4, -0.2) is 0 Å². The summed E-state index contributed by atoms with van der Waals surface area (Å²) in [6.07, 6.45) is 0. The van der Waals surface area contributed by atoms with Gasteiger partial charge in [-0.1, -0.05) is 24.6 Å². The molecule has 0 nitrogen and oxygen atoms in total. The number of fused-ring (bicyclic) bond motifs is 1. The van der Waals surface area contributed by atoms with Crippen molar-refractivity contribution in [3.63, 3.8) is 0 Å². The third-order valence-corrected chi connectivity index (χ3v) is 3.58. The molecule has 0 spiro atoms. The van der Waals surface area contributed by atoms with E-state index in [1.165, 1.54) is 26.8 Å². The summed E-state index contributed by atoms with van der Waals surface area (Å²) in [5.41, 5.74) is 2.70. The fourth-order valence-electron chi connectivity index (χ4n) is 2.03. The van der Waals surface area contributed by atoms with Crippen molar-refractivity contribution in [2.45, 2.75) is 6.92 Å². The van der Waals surface area contributed by atoms with E-state index in [0.29, 0.717) is 0 Å². The summed E-state index contributed by atoms with van der Waals surface area (Å²) in [5.74, 6) is 0. The van der Waals surface area contributed by atoms with Gasteiger partial charge in [-0.15, -0.1) is 45.9 Å². The first-order valence-electron chi connectivity index (χ1n) is 5.42. The minimum absolute atomic E-state index is 0.826. The summed E-state index contributed by atoms with van der Waals surface area (Å²) < 4.78 is 0. The maximum atomic E-state index is 4.93. The summed E-state index contributed by atoms with van der Waals surface area (Å²) in [5, 5.41) is 4.85. The quantitative estimate of drug-likeness (QED) is 0.461. The molecule has 0 radical (unpaired) electrons. The van der Waals surface area contributed by atoms with Crippen LogP contribution < -0.4 is 0 Å². The second kappa shape index (κ2) is 6.96. The van der Waals surface area contributed by atoms with Crippen molar-refractivity contribution in [1.29, 1.82) is 0 Å². The third-order valence-electron chi connectivity index (χ3n) is 2.68. The Morgan fingerprint density at radius 3 is 2.61 bits per heavy atom. The Kier molecular flexibility index (Phi) is 5.57. The molecule has 0 fully saturated rings. The van der Waals surface area contributed by atoms with Crippen molar-refractivity contribution >= 4 is 39.1 Å². The van der Waals surface area contributed by atoms with Crippen molar-refractivity contribution in [2.24, 2.45) is 0 Å². The number of hydrogen-bond donors (Lipinski definition) is 0. The van der Waals surface area contributed by atoms with E-state index < -0.39 is 20.8 Å². The van der Waals surface area contributed by atoms with Gasteiger partial charge >= 0.3 is 37.9 Å². The van der Waals surface area contributed by atoms with Crippen LogP contribution in [0.15, 0.2) is 47.8 Å². The summed E-state index contributed by atoms with van der Waals surface area (Å²) in [6.45, 7) is 2.15. The maximum absolute atomic E-state index is 4.93. The number of benzene rings is 1. The fraction of sp³-hybridized carbons (Fsp3) is 0.0714. The summed E-state index contributed by atoms with van der Waals surface area (Å²) >= 11 is 0.975. The van der Waals surface area contributed by atoms with E-state index in [0.717, 1.165) is 0 Å². The van der Waals surface area contributed by atoms with Crippen molar-refractivity contribution in [2.75, 3.05) is 0 Å². The molecular weight excluding hydrogens is 362 g/mol. The van der Waals surface area contributed by atoms with Gasteiger partial charge in [0.25, 0.3) is 0 Å². The molecule has 0 unspecified atom stereocenters. The predicted octanol–water partition coefficient (Wildman–Crippen LogP) is 5.97. The SMILES string of the molecule is Cc1cc2c(-c3cccs3)cccc2[cH-]1.[Cl][Zr][Cl]. The van der Waals surface area contributed by atoms with Crippen molar-refractivity contribution in [3.05, 3.63) is 53.4 Å². The van der Waals surface area contributed by atoms with Crippen molar-refractivity contribution < 1.29 is 20.8 Å². The van der Waals surface area contributed by atoms with Gasteiger partial charge in [-0.25, -0.2) is 0 Å². The van der Waals surface area contributed by atoms with Crippen molar-refractivity contribution in [3.8, 4) is 10.4 Å². The molecular formula is C14H11Cl2SZr-. The molecule has 1 heterocycles. The molecule has 18 heavy (non-hydrogen) atoms. The Hall–Kier alpha value is -0.00688. The van der Waals surface area contributed by atoms with E-state index in [1.54, 1.807) is 11.3 Å². The summed E-state index contributed by atoms with van der Waals surface area (Å²) in [4.78, 5) is 1.35. The van der Waals surface area contributed by atoms with Crippen LogP contribution in [0.1, 0.15) is 5.56 Å². The van der Waals surface area contributed by atoms with E-state index in [-0.39, 0.29) is 0 Å². The van der Waals surface area contributed by atoms with Gasteiger partial charge in [0.05, 0.1) is 0 Å². The number of rotatable bonds is 1. The molecule has 0 aliphatic rings. The van der Waals surface area contributed by atoms with Gasteiger partial charge in [0, 0.05) is 4.88 Å². The van der Waals surface area contributed by atoms with E-state index >= 15 is 0 Å². The van der Waals surface area contributed by atoms with Gasteiger partial charge in [-0.2, -0.15) is 6.07 Å². The van der Waals surface area contributed by atoms with Gasteiger partial charge in [0.1, 0.15) is 0 Å². The monoisotopic (exact) mass is 371 g/mol. The van der Waals surface area contributed by atoms with E-state index in [9.17, 15) is 0 Å². The number of thiophene rings is 1. The Morgan fingerprint density at radius 2 is 1.94 bits per heavy atom. The molecule has 3 rings (SSSR count). The average Bonchev–Trinajstić information content (AvgIpc) is 2.96. The number of aryl methyl sites for hydroxylation is 1. The number of hydrogen-bond acceptors (Lipinski definition) is 1. The molecule has 0 aliphatic carbocycles. The molecule has 0 N–H and O–H groups in total. The molecule has 92 valence electrons. The van der Waals surface area contributed by atoms with Gasteiger partial charge in [0.15, 0.2) is 0 Å². The second-order valence-electron chi connectivity index (χ2n) is 3.89. The van der Waals surface area contributed by atoms with Gasteiger partial charge in [-0.05, 0) is 11.4 Å². The molecule has 0 atom stereocenters. The van der Waals surface area contributed by atoms with Crippen LogP contribution in [0.25, 0.3) is 21.2 Å². The molecule has 1 aromatic heterocycles. The Labute approximate surface area is 130 Å². The summed E-state index contributed by atoms with van der Waals surface area (Å²) in [7, 11) is 9.87. The first-order valence-corrected chi connectivity index (χ1v) is 12.6. The average molecular weight is 373 g/mol. The molecule has 2 aromatic carbocycles. The van der Waals surface area contributed by atoms with Crippen LogP contribution in [0.3, 0.4) is 0 Å². The molecule has 0 saturated heterocycles. The van der Waals surface area contributed by atoms with Crippen molar-refractivity contribution in [1.82, 2.24) is 0 Å². The Balaban J connectivity index is 0.000000367. The van der Waals surface area contributed by atoms with E-state index in [4.69, 9.17) is 17.0 Å². The minimum atomic E-state index is -0.826. The first-order chi connectivity index (χ1) is 8.76. The topological polar surface area (TPSA) is 0 Å². The molecule has 3 aromatic rings. The second-order valence-corrected chi connectivity index (χ2v) is 8.57. The van der Waals surface area contributed by atoms with Crippen LogP contribution in [0.5, 0.6) is 0 Å². The Morgan fingerprint density at radius 1 is 1.17 bits per heavy atom. The standard InChI is InChI=1S/C14H11S.2ClH.Zr/c1-10-8-11-4-2-5-12(13(11)9-10)14-6-3-7-15-14;;;/h2-9H,1H3;2*1H;/q-1;;;+2/p-2. The summed E-state index contributed by atoms with van der Waals surface area (Å²) in [6, 6.07) is 15.3. The number of halogens is 2.